The Balaban J connectivity index is 1.64. The summed E-state index contributed by atoms with van der Waals surface area (Å²) in [5.41, 5.74) is 2.25. The first-order chi connectivity index (χ1) is 10.8. The second-order valence-corrected chi connectivity index (χ2v) is 6.03. The van der Waals surface area contributed by atoms with Gasteiger partial charge in [0.15, 0.2) is 0 Å². The molecule has 3 nitrogen and oxygen atoms in total. The molecule has 1 fully saturated rings. The minimum atomic E-state index is -0.131. The molecule has 0 spiro atoms. The van der Waals surface area contributed by atoms with Gasteiger partial charge in [-0.1, -0.05) is 61.4 Å². The van der Waals surface area contributed by atoms with Crippen molar-refractivity contribution in [1.29, 1.82) is 0 Å². The van der Waals surface area contributed by atoms with Crippen LogP contribution in [0.3, 0.4) is 0 Å². The average molecular weight is 294 g/mol. The van der Waals surface area contributed by atoms with Gasteiger partial charge in [0.25, 0.3) is 0 Å². The fourth-order valence-electron chi connectivity index (χ4n) is 3.36. The number of para-hydroxylation sites is 1. The molecule has 3 heteroatoms. The van der Waals surface area contributed by atoms with Crippen molar-refractivity contribution in [2.24, 2.45) is 0 Å². The number of nitrogens with one attached hydrogen (secondary N) is 2. The fourth-order valence-corrected chi connectivity index (χ4v) is 3.36. The smallest absolute Gasteiger partial charge is 0.319 e. The lowest BCUT2D eigenvalue weighted by molar-refractivity contribution is 0.248. The van der Waals surface area contributed by atoms with Gasteiger partial charge in [-0.05, 0) is 30.5 Å². The molecule has 0 aliphatic heterocycles. The largest absolute Gasteiger partial charge is 0.337 e. The number of benzene rings is 2. The van der Waals surface area contributed by atoms with E-state index in [0.717, 1.165) is 18.5 Å². The summed E-state index contributed by atoms with van der Waals surface area (Å²) in [6.07, 6.45) is 4.75. The van der Waals surface area contributed by atoms with Crippen LogP contribution in [0.2, 0.25) is 0 Å². The summed E-state index contributed by atoms with van der Waals surface area (Å²) in [5.74, 6) is 0. The quantitative estimate of drug-likeness (QED) is 0.866. The zero-order valence-corrected chi connectivity index (χ0v) is 12.7. The van der Waals surface area contributed by atoms with E-state index >= 15 is 0 Å². The molecule has 0 radical (unpaired) electrons. The number of carbonyl (C=O) groups is 1. The van der Waals surface area contributed by atoms with Crippen molar-refractivity contribution < 1.29 is 4.79 Å². The number of anilines is 1. The van der Waals surface area contributed by atoms with Gasteiger partial charge < -0.3 is 10.6 Å². The maximum Gasteiger partial charge on any atom is 0.319 e. The molecule has 2 amide bonds. The van der Waals surface area contributed by atoms with E-state index in [1.165, 1.54) is 18.4 Å². The predicted molar refractivity (Wildman–Crippen MR) is 90.1 cm³/mol. The molecule has 0 saturated heterocycles. The van der Waals surface area contributed by atoms with E-state index in [1.807, 2.05) is 36.4 Å². The molecule has 0 atom stereocenters. The first-order valence-electron chi connectivity index (χ1n) is 7.94. The van der Waals surface area contributed by atoms with Crippen molar-refractivity contribution in [3.05, 3.63) is 66.2 Å². The molecule has 114 valence electrons. The molecule has 2 N–H and O–H groups in total. The van der Waals surface area contributed by atoms with Crippen molar-refractivity contribution >= 4 is 11.7 Å². The molecule has 1 saturated carbocycles. The zero-order valence-electron chi connectivity index (χ0n) is 12.7. The van der Waals surface area contributed by atoms with Crippen molar-refractivity contribution in [2.75, 3.05) is 11.9 Å². The molecule has 1 aliphatic rings. The van der Waals surface area contributed by atoms with Crippen LogP contribution >= 0.6 is 0 Å². The molecule has 0 aromatic heterocycles. The summed E-state index contributed by atoms with van der Waals surface area (Å²) in [7, 11) is 0. The third-order valence-corrected chi connectivity index (χ3v) is 4.57. The molecular weight excluding hydrogens is 272 g/mol. The molecule has 0 heterocycles. The van der Waals surface area contributed by atoms with Gasteiger partial charge in [0.05, 0.1) is 0 Å². The van der Waals surface area contributed by atoms with E-state index in [-0.39, 0.29) is 11.4 Å². The second kappa shape index (κ2) is 6.65. The number of amides is 2. The van der Waals surface area contributed by atoms with Gasteiger partial charge in [0.1, 0.15) is 0 Å². The van der Waals surface area contributed by atoms with E-state index in [9.17, 15) is 4.79 Å². The lowest BCUT2D eigenvalue weighted by Gasteiger charge is -2.30. The monoisotopic (exact) mass is 294 g/mol. The molecular formula is C19H22N2O. The molecule has 0 unspecified atom stereocenters. The molecule has 22 heavy (non-hydrogen) atoms. The Kier molecular flexibility index (Phi) is 4.42. The lowest BCUT2D eigenvalue weighted by Crippen LogP contribution is -2.40. The summed E-state index contributed by atoms with van der Waals surface area (Å²) >= 11 is 0. The van der Waals surface area contributed by atoms with Gasteiger partial charge in [-0.3, -0.25) is 0 Å². The number of rotatable bonds is 4. The van der Waals surface area contributed by atoms with Gasteiger partial charge in [0, 0.05) is 17.6 Å². The van der Waals surface area contributed by atoms with Crippen molar-refractivity contribution in [2.45, 2.75) is 31.1 Å². The van der Waals surface area contributed by atoms with Gasteiger partial charge in [0.2, 0.25) is 0 Å². The van der Waals surface area contributed by atoms with E-state index in [2.05, 4.69) is 34.9 Å². The summed E-state index contributed by atoms with van der Waals surface area (Å²) in [6.45, 7) is 0.690. The van der Waals surface area contributed by atoms with E-state index < -0.39 is 0 Å². The third-order valence-electron chi connectivity index (χ3n) is 4.57. The van der Waals surface area contributed by atoms with E-state index in [4.69, 9.17) is 0 Å². The summed E-state index contributed by atoms with van der Waals surface area (Å²) in [5, 5.41) is 5.95. The zero-order chi connectivity index (χ0) is 15.3. The Labute approximate surface area is 131 Å². The highest BCUT2D eigenvalue weighted by molar-refractivity contribution is 5.89. The Bertz CT molecular complexity index is 604. The van der Waals surface area contributed by atoms with Gasteiger partial charge in [-0.2, -0.15) is 0 Å². The van der Waals surface area contributed by atoms with Gasteiger partial charge >= 0.3 is 6.03 Å². The number of hydrogen-bond acceptors (Lipinski definition) is 1. The Hall–Kier alpha value is -2.29. The normalized spacial score (nSPS) is 16.2. The minimum absolute atomic E-state index is 0.0925. The SMILES string of the molecule is O=C(NCC1(c2ccccc2)CCCC1)Nc1ccccc1. The highest BCUT2D eigenvalue weighted by Crippen LogP contribution is 2.40. The number of carbonyl (C=O) groups excluding carboxylic acids is 1. The van der Waals surface area contributed by atoms with Crippen LogP contribution in [0.15, 0.2) is 60.7 Å². The highest BCUT2D eigenvalue weighted by Gasteiger charge is 2.35. The van der Waals surface area contributed by atoms with E-state index in [1.54, 1.807) is 0 Å². The van der Waals surface area contributed by atoms with Crippen LogP contribution in [-0.2, 0) is 5.41 Å². The third kappa shape index (κ3) is 3.30. The van der Waals surface area contributed by atoms with Crippen LogP contribution in [0.5, 0.6) is 0 Å². The number of hydrogen-bond donors (Lipinski definition) is 2. The van der Waals surface area contributed by atoms with Crippen molar-refractivity contribution in [3.63, 3.8) is 0 Å². The Morgan fingerprint density at radius 2 is 1.50 bits per heavy atom. The topological polar surface area (TPSA) is 41.1 Å². The lowest BCUT2D eigenvalue weighted by atomic mass is 9.79. The Morgan fingerprint density at radius 3 is 2.14 bits per heavy atom. The van der Waals surface area contributed by atoms with Crippen molar-refractivity contribution in [3.8, 4) is 0 Å². The minimum Gasteiger partial charge on any atom is -0.337 e. The van der Waals surface area contributed by atoms with Crippen LogP contribution in [0.25, 0.3) is 0 Å². The maximum atomic E-state index is 12.1. The molecule has 2 aromatic rings. The summed E-state index contributed by atoms with van der Waals surface area (Å²) < 4.78 is 0. The summed E-state index contributed by atoms with van der Waals surface area (Å²) in [6, 6.07) is 20.0. The average Bonchev–Trinajstić information content (AvgIpc) is 3.05. The standard InChI is InChI=1S/C19H22N2O/c22-18(21-17-11-5-2-6-12-17)20-15-19(13-7-8-14-19)16-9-3-1-4-10-16/h1-6,9-12H,7-8,13-15H2,(H2,20,21,22). The number of urea groups is 1. The van der Waals surface area contributed by atoms with Crippen LogP contribution in [-0.4, -0.2) is 12.6 Å². The van der Waals surface area contributed by atoms with Crippen molar-refractivity contribution in [1.82, 2.24) is 5.32 Å². The second-order valence-electron chi connectivity index (χ2n) is 6.03. The predicted octanol–water partition coefficient (Wildman–Crippen LogP) is 4.32. The fraction of sp³-hybridized carbons (Fsp3) is 0.316. The Morgan fingerprint density at radius 1 is 0.909 bits per heavy atom. The maximum absolute atomic E-state index is 12.1. The molecule has 3 rings (SSSR count). The van der Waals surface area contributed by atoms with Crippen LogP contribution in [0.1, 0.15) is 31.2 Å². The highest BCUT2D eigenvalue weighted by atomic mass is 16.2. The molecule has 2 aromatic carbocycles. The van der Waals surface area contributed by atoms with Crippen LogP contribution in [0, 0.1) is 0 Å². The van der Waals surface area contributed by atoms with E-state index in [0.29, 0.717) is 6.54 Å². The molecule has 0 bridgehead atoms. The molecule has 1 aliphatic carbocycles. The first kappa shape index (κ1) is 14.6. The van der Waals surface area contributed by atoms with Gasteiger partial charge in [-0.15, -0.1) is 0 Å². The first-order valence-corrected chi connectivity index (χ1v) is 7.94. The van der Waals surface area contributed by atoms with Crippen LogP contribution < -0.4 is 10.6 Å². The van der Waals surface area contributed by atoms with Gasteiger partial charge in [-0.25, -0.2) is 4.79 Å². The summed E-state index contributed by atoms with van der Waals surface area (Å²) in [4.78, 5) is 12.1. The van der Waals surface area contributed by atoms with Crippen LogP contribution in [0.4, 0.5) is 10.5 Å².